The topological polar surface area (TPSA) is 32.7 Å². The van der Waals surface area contributed by atoms with Gasteiger partial charge >= 0.3 is 0 Å². The van der Waals surface area contributed by atoms with Crippen LogP contribution in [0.4, 0.5) is 5.69 Å². The molecule has 0 aliphatic carbocycles. The van der Waals surface area contributed by atoms with E-state index in [0.29, 0.717) is 27.9 Å². The summed E-state index contributed by atoms with van der Waals surface area (Å²) in [4.78, 5) is 18.8. The SMILES string of the molecule is CN1C(=O)C(Cc2ccccc2Br)N=C(Cl)c2cc(Cl)ccc21. The summed E-state index contributed by atoms with van der Waals surface area (Å²) in [7, 11) is 1.73. The number of rotatable bonds is 2. The average molecular weight is 412 g/mol. The Morgan fingerprint density at radius 3 is 2.70 bits per heavy atom. The minimum absolute atomic E-state index is 0.0972. The van der Waals surface area contributed by atoms with Crippen LogP contribution in [-0.4, -0.2) is 24.2 Å². The standard InChI is InChI=1S/C17H13BrCl2N2O/c1-22-15-7-6-11(19)9-12(15)16(20)21-14(17(22)23)8-10-4-2-3-5-13(10)18/h2-7,9,14H,8H2,1H3. The number of fused-ring (bicyclic) bond motifs is 1. The fourth-order valence-electron chi connectivity index (χ4n) is 2.58. The van der Waals surface area contributed by atoms with Crippen LogP contribution in [0, 0.1) is 0 Å². The van der Waals surface area contributed by atoms with Crippen LogP contribution in [0.25, 0.3) is 0 Å². The molecule has 3 nitrogen and oxygen atoms in total. The Balaban J connectivity index is 2.01. The van der Waals surface area contributed by atoms with Crippen molar-refractivity contribution in [1.29, 1.82) is 0 Å². The zero-order chi connectivity index (χ0) is 16.6. The van der Waals surface area contributed by atoms with Gasteiger partial charge in [-0.15, -0.1) is 0 Å². The number of benzodiazepines with no additional fused rings is 1. The molecule has 1 heterocycles. The van der Waals surface area contributed by atoms with E-state index in [4.69, 9.17) is 23.2 Å². The summed E-state index contributed by atoms with van der Waals surface area (Å²) in [5.41, 5.74) is 2.39. The first-order valence-corrected chi connectivity index (χ1v) is 8.56. The van der Waals surface area contributed by atoms with Crippen LogP contribution < -0.4 is 4.90 Å². The van der Waals surface area contributed by atoms with Crippen molar-refractivity contribution in [3.8, 4) is 0 Å². The largest absolute Gasteiger partial charge is 0.313 e. The first kappa shape index (κ1) is 16.5. The van der Waals surface area contributed by atoms with Crippen molar-refractivity contribution >= 4 is 55.9 Å². The van der Waals surface area contributed by atoms with Crippen LogP contribution in [0.15, 0.2) is 51.9 Å². The third-order valence-electron chi connectivity index (χ3n) is 3.80. The zero-order valence-corrected chi connectivity index (χ0v) is 15.4. The summed E-state index contributed by atoms with van der Waals surface area (Å²) in [5, 5.41) is 0.861. The molecule has 1 aliphatic rings. The molecule has 2 aromatic carbocycles. The minimum atomic E-state index is -0.572. The maximum absolute atomic E-state index is 12.8. The lowest BCUT2D eigenvalue weighted by atomic mass is 10.1. The van der Waals surface area contributed by atoms with Gasteiger partial charge in [0.2, 0.25) is 0 Å². The molecule has 0 saturated carbocycles. The molecule has 0 radical (unpaired) electrons. The third-order valence-corrected chi connectivity index (χ3v) is 5.11. The maximum atomic E-state index is 12.8. The van der Waals surface area contributed by atoms with Gasteiger partial charge in [0.15, 0.2) is 0 Å². The highest BCUT2D eigenvalue weighted by atomic mass is 79.9. The van der Waals surface area contributed by atoms with Gasteiger partial charge in [0.25, 0.3) is 5.91 Å². The number of nitrogens with zero attached hydrogens (tertiary/aromatic N) is 2. The molecule has 0 bridgehead atoms. The molecule has 0 aromatic heterocycles. The van der Waals surface area contributed by atoms with Crippen LogP contribution in [-0.2, 0) is 11.2 Å². The van der Waals surface area contributed by atoms with E-state index in [0.717, 1.165) is 10.0 Å². The van der Waals surface area contributed by atoms with E-state index < -0.39 is 6.04 Å². The normalized spacial score (nSPS) is 17.6. The van der Waals surface area contributed by atoms with E-state index in [2.05, 4.69) is 20.9 Å². The Bertz CT molecular complexity index is 807. The Morgan fingerprint density at radius 2 is 1.96 bits per heavy atom. The van der Waals surface area contributed by atoms with E-state index in [1.807, 2.05) is 24.3 Å². The number of anilines is 1. The van der Waals surface area contributed by atoms with Crippen LogP contribution in [0.2, 0.25) is 5.02 Å². The van der Waals surface area contributed by atoms with Crippen LogP contribution in [0.5, 0.6) is 0 Å². The molecule has 0 saturated heterocycles. The number of hydrogen-bond acceptors (Lipinski definition) is 2. The van der Waals surface area contributed by atoms with Gasteiger partial charge in [-0.05, 0) is 29.8 Å². The number of carbonyl (C=O) groups excluding carboxylic acids is 1. The van der Waals surface area contributed by atoms with Crippen LogP contribution >= 0.6 is 39.1 Å². The first-order valence-electron chi connectivity index (χ1n) is 7.01. The van der Waals surface area contributed by atoms with Crippen LogP contribution in [0.3, 0.4) is 0 Å². The predicted molar refractivity (Wildman–Crippen MR) is 98.9 cm³/mol. The second-order valence-corrected chi connectivity index (χ2v) is 6.94. The minimum Gasteiger partial charge on any atom is -0.313 e. The van der Waals surface area contributed by atoms with E-state index in [1.165, 1.54) is 0 Å². The first-order chi connectivity index (χ1) is 11.0. The molecule has 0 N–H and O–H groups in total. The molecule has 1 aliphatic heterocycles. The van der Waals surface area contributed by atoms with Crippen molar-refractivity contribution in [3.05, 3.63) is 63.1 Å². The fraction of sp³-hybridized carbons (Fsp3) is 0.176. The van der Waals surface area contributed by atoms with Crippen molar-refractivity contribution in [1.82, 2.24) is 0 Å². The number of hydrogen-bond donors (Lipinski definition) is 0. The fourth-order valence-corrected chi connectivity index (χ4v) is 3.46. The number of benzene rings is 2. The number of likely N-dealkylation sites (N-methyl/N-ethyl adjacent to an activating group) is 1. The summed E-state index contributed by atoms with van der Waals surface area (Å²) in [5.74, 6) is -0.0972. The van der Waals surface area contributed by atoms with Gasteiger partial charge in [-0.3, -0.25) is 9.79 Å². The van der Waals surface area contributed by atoms with Crippen molar-refractivity contribution < 1.29 is 4.79 Å². The summed E-state index contributed by atoms with van der Waals surface area (Å²) in [6, 6.07) is 12.5. The van der Waals surface area contributed by atoms with Gasteiger partial charge < -0.3 is 4.90 Å². The molecule has 0 spiro atoms. The molecule has 2 aromatic rings. The number of carbonyl (C=O) groups is 1. The second-order valence-electron chi connectivity index (χ2n) is 5.29. The quantitative estimate of drug-likeness (QED) is 0.706. The summed E-state index contributed by atoms with van der Waals surface area (Å²) >= 11 is 15.9. The molecule has 118 valence electrons. The van der Waals surface area contributed by atoms with Crippen molar-refractivity contribution in [2.75, 3.05) is 11.9 Å². The number of halogens is 3. The molecule has 0 fully saturated rings. The van der Waals surface area contributed by atoms with Crippen LogP contribution in [0.1, 0.15) is 11.1 Å². The molecule has 1 unspecified atom stereocenters. The zero-order valence-electron chi connectivity index (χ0n) is 12.3. The third kappa shape index (κ3) is 3.30. The van der Waals surface area contributed by atoms with E-state index in [1.54, 1.807) is 30.1 Å². The summed E-state index contributed by atoms with van der Waals surface area (Å²) in [6.45, 7) is 0. The maximum Gasteiger partial charge on any atom is 0.251 e. The molecule has 1 amide bonds. The van der Waals surface area contributed by atoms with E-state index in [9.17, 15) is 4.79 Å². The second kappa shape index (κ2) is 6.63. The van der Waals surface area contributed by atoms with Crippen molar-refractivity contribution in [2.45, 2.75) is 12.5 Å². The van der Waals surface area contributed by atoms with Gasteiger partial charge in [0.1, 0.15) is 11.2 Å². The molecule has 1 atom stereocenters. The van der Waals surface area contributed by atoms with Gasteiger partial charge in [-0.25, -0.2) is 0 Å². The van der Waals surface area contributed by atoms with Gasteiger partial charge in [0.05, 0.1) is 5.69 Å². The average Bonchev–Trinajstić information content (AvgIpc) is 2.61. The lowest BCUT2D eigenvalue weighted by Crippen LogP contribution is -2.36. The summed E-state index contributed by atoms with van der Waals surface area (Å²) in [6.07, 6.45) is 0.475. The molecule has 6 heteroatoms. The monoisotopic (exact) mass is 410 g/mol. The van der Waals surface area contributed by atoms with Crippen molar-refractivity contribution in [3.63, 3.8) is 0 Å². The lowest BCUT2D eigenvalue weighted by Gasteiger charge is -2.20. The highest BCUT2D eigenvalue weighted by molar-refractivity contribution is 9.10. The van der Waals surface area contributed by atoms with E-state index in [-0.39, 0.29) is 5.91 Å². The Morgan fingerprint density at radius 1 is 1.22 bits per heavy atom. The Hall–Kier alpha value is -1.36. The molecular weight excluding hydrogens is 399 g/mol. The lowest BCUT2D eigenvalue weighted by molar-refractivity contribution is -0.119. The van der Waals surface area contributed by atoms with Gasteiger partial charge in [-0.1, -0.05) is 57.3 Å². The highest BCUT2D eigenvalue weighted by Crippen LogP contribution is 2.30. The predicted octanol–water partition coefficient (Wildman–Crippen LogP) is 4.68. The van der Waals surface area contributed by atoms with E-state index >= 15 is 0 Å². The smallest absolute Gasteiger partial charge is 0.251 e. The summed E-state index contributed by atoms with van der Waals surface area (Å²) < 4.78 is 0.951. The van der Waals surface area contributed by atoms with Gasteiger partial charge in [-0.2, -0.15) is 0 Å². The van der Waals surface area contributed by atoms with Crippen molar-refractivity contribution in [2.24, 2.45) is 4.99 Å². The number of aliphatic imine (C=N–C) groups is 1. The molecular formula is C17H13BrCl2N2O. The molecule has 3 rings (SSSR count). The molecule has 23 heavy (non-hydrogen) atoms. The van der Waals surface area contributed by atoms with Gasteiger partial charge in [0, 0.05) is 28.5 Å². The number of amides is 1. The Kier molecular flexibility index (Phi) is 4.76. The highest BCUT2D eigenvalue weighted by Gasteiger charge is 2.29. The Labute approximate surface area is 153 Å².